The van der Waals surface area contributed by atoms with Crippen LogP contribution in [-0.4, -0.2) is 58.1 Å². The average molecular weight is 611 g/mol. The van der Waals surface area contributed by atoms with Gasteiger partial charge in [0, 0.05) is 11.8 Å². The third kappa shape index (κ3) is 5.42. The van der Waals surface area contributed by atoms with Crippen LogP contribution in [0.25, 0.3) is 22.6 Å². The Morgan fingerprint density at radius 1 is 1.02 bits per heavy atom. The van der Waals surface area contributed by atoms with E-state index < -0.39 is 42.1 Å². The van der Waals surface area contributed by atoms with Gasteiger partial charge in [0.15, 0.2) is 19.7 Å². The Kier molecular flexibility index (Phi) is 7.46. The number of methoxy groups -OCH3 is 1. The first-order valence-corrected chi connectivity index (χ1v) is 16.5. The number of carbonyl (C=O) groups is 1. The van der Waals surface area contributed by atoms with E-state index >= 15 is 0 Å². The Hall–Kier alpha value is -4.07. The highest BCUT2D eigenvalue weighted by molar-refractivity contribution is 7.92. The van der Waals surface area contributed by atoms with Crippen LogP contribution in [0.3, 0.4) is 0 Å². The van der Waals surface area contributed by atoms with Crippen LogP contribution in [-0.2, 0) is 35.8 Å². The predicted octanol–water partition coefficient (Wildman–Crippen LogP) is 3.34. The lowest BCUT2D eigenvalue weighted by Crippen LogP contribution is -2.45. The van der Waals surface area contributed by atoms with Crippen molar-refractivity contribution in [2.45, 2.75) is 36.1 Å². The van der Waals surface area contributed by atoms with E-state index in [0.717, 1.165) is 28.7 Å². The van der Waals surface area contributed by atoms with Crippen molar-refractivity contribution in [3.63, 3.8) is 0 Å². The molecule has 0 aliphatic carbocycles. The summed E-state index contributed by atoms with van der Waals surface area (Å²) in [7, 11) is -5.91. The largest absolute Gasteiger partial charge is 0.497 e. The van der Waals surface area contributed by atoms with Crippen LogP contribution >= 0.6 is 0 Å². The molecule has 13 heteroatoms. The molecule has 2 heterocycles. The minimum absolute atomic E-state index is 0.0227. The number of amides is 1. The van der Waals surface area contributed by atoms with Gasteiger partial charge in [-0.1, -0.05) is 36.4 Å². The molecule has 3 aromatic carbocycles. The standard InChI is InChI=1S/C29H30N4O7S2/c1-29(2,41(4,35)36)28-32-31-26(40-28)21-12-13-25-24(15-21)33(27(34)23(30)17-42(25,37)38)16-18-8-10-19(11-9-18)20-6-5-7-22(14-20)39-3/h5-15,23H,16-17,30H2,1-4H3/t23-/m0/s1. The normalized spacial score (nSPS) is 17.0. The molecule has 0 unspecified atom stereocenters. The van der Waals surface area contributed by atoms with Gasteiger partial charge in [-0.2, -0.15) is 0 Å². The molecule has 4 aromatic rings. The molecule has 0 fully saturated rings. The smallest absolute Gasteiger partial charge is 0.247 e. The second kappa shape index (κ2) is 10.6. The van der Waals surface area contributed by atoms with Gasteiger partial charge in [0.05, 0.1) is 36.0 Å². The van der Waals surface area contributed by atoms with E-state index in [1.807, 2.05) is 48.5 Å². The van der Waals surface area contributed by atoms with Gasteiger partial charge < -0.3 is 19.8 Å². The van der Waals surface area contributed by atoms with E-state index in [4.69, 9.17) is 14.9 Å². The van der Waals surface area contributed by atoms with Crippen molar-refractivity contribution >= 4 is 31.3 Å². The molecule has 1 aromatic heterocycles. The van der Waals surface area contributed by atoms with E-state index in [1.165, 1.54) is 36.9 Å². The van der Waals surface area contributed by atoms with Gasteiger partial charge in [0.1, 0.15) is 10.5 Å². The van der Waals surface area contributed by atoms with Crippen molar-refractivity contribution in [3.05, 3.63) is 78.2 Å². The monoisotopic (exact) mass is 610 g/mol. The van der Waals surface area contributed by atoms with Gasteiger partial charge in [-0.25, -0.2) is 16.8 Å². The molecule has 11 nitrogen and oxygen atoms in total. The first kappa shape index (κ1) is 29.4. The first-order chi connectivity index (χ1) is 19.7. The Bertz CT molecular complexity index is 1880. The second-order valence-corrected chi connectivity index (χ2v) is 15.2. The quantitative estimate of drug-likeness (QED) is 0.328. The summed E-state index contributed by atoms with van der Waals surface area (Å²) in [4.78, 5) is 14.7. The topological polar surface area (TPSA) is 163 Å². The van der Waals surface area contributed by atoms with Crippen molar-refractivity contribution in [1.29, 1.82) is 0 Å². The molecule has 42 heavy (non-hydrogen) atoms. The van der Waals surface area contributed by atoms with E-state index in [9.17, 15) is 21.6 Å². The van der Waals surface area contributed by atoms with Crippen molar-refractivity contribution in [1.82, 2.24) is 10.2 Å². The van der Waals surface area contributed by atoms with Gasteiger partial charge >= 0.3 is 0 Å². The maximum Gasteiger partial charge on any atom is 0.247 e. The molecular weight excluding hydrogens is 580 g/mol. The number of hydrogen-bond donors (Lipinski definition) is 1. The van der Waals surface area contributed by atoms with E-state index in [0.29, 0.717) is 5.56 Å². The van der Waals surface area contributed by atoms with Crippen LogP contribution in [0.2, 0.25) is 0 Å². The number of nitrogens with zero attached hydrogens (tertiary/aromatic N) is 3. The lowest BCUT2D eigenvalue weighted by atomic mass is 10.0. The number of anilines is 1. The summed E-state index contributed by atoms with van der Waals surface area (Å²) in [5.41, 5.74) is 9.13. The minimum Gasteiger partial charge on any atom is -0.497 e. The molecule has 0 spiro atoms. The Morgan fingerprint density at radius 2 is 1.71 bits per heavy atom. The molecule has 1 aliphatic rings. The fourth-order valence-corrected chi connectivity index (χ4v) is 6.49. The highest BCUT2D eigenvalue weighted by Gasteiger charge is 2.39. The summed E-state index contributed by atoms with van der Waals surface area (Å²) in [6, 6.07) is 18.2. The van der Waals surface area contributed by atoms with Crippen LogP contribution < -0.4 is 15.4 Å². The number of hydrogen-bond acceptors (Lipinski definition) is 10. The van der Waals surface area contributed by atoms with E-state index in [2.05, 4.69) is 10.2 Å². The van der Waals surface area contributed by atoms with Crippen molar-refractivity contribution in [3.8, 4) is 28.3 Å². The molecule has 0 saturated carbocycles. The summed E-state index contributed by atoms with van der Waals surface area (Å²) in [5.74, 6) is -0.519. The molecule has 220 valence electrons. The zero-order chi connectivity index (χ0) is 30.4. The number of sulfone groups is 2. The van der Waals surface area contributed by atoms with Gasteiger partial charge in [-0.05, 0) is 60.9 Å². The minimum atomic E-state index is -3.92. The Morgan fingerprint density at radius 3 is 2.38 bits per heavy atom. The molecule has 0 saturated heterocycles. The number of ether oxygens (including phenoxy) is 1. The van der Waals surface area contributed by atoms with Crippen LogP contribution in [0.1, 0.15) is 25.3 Å². The van der Waals surface area contributed by atoms with E-state index in [1.54, 1.807) is 7.11 Å². The molecule has 2 N–H and O–H groups in total. The zero-order valence-electron chi connectivity index (χ0n) is 23.4. The average Bonchev–Trinajstić information content (AvgIpc) is 3.44. The highest BCUT2D eigenvalue weighted by atomic mass is 32.2. The number of rotatable bonds is 7. The third-order valence-electron chi connectivity index (χ3n) is 7.38. The predicted molar refractivity (Wildman–Crippen MR) is 157 cm³/mol. The number of aromatic nitrogens is 2. The third-order valence-corrected chi connectivity index (χ3v) is 11.2. The van der Waals surface area contributed by atoms with Gasteiger partial charge in [0.2, 0.25) is 17.7 Å². The number of fused-ring (bicyclic) bond motifs is 1. The summed E-state index contributed by atoms with van der Waals surface area (Å²) in [5, 5.41) is 7.93. The van der Waals surface area contributed by atoms with E-state index in [-0.39, 0.29) is 28.9 Å². The zero-order valence-corrected chi connectivity index (χ0v) is 25.1. The molecule has 1 aliphatic heterocycles. The lowest BCUT2D eigenvalue weighted by Gasteiger charge is -2.24. The summed E-state index contributed by atoms with van der Waals surface area (Å²) >= 11 is 0. The molecular formula is C29H30N4O7S2. The fraction of sp³-hybridized carbons (Fsp3) is 0.276. The van der Waals surface area contributed by atoms with Crippen molar-refractivity contribution in [2.24, 2.45) is 5.73 Å². The molecule has 1 atom stereocenters. The number of carbonyl (C=O) groups excluding carboxylic acids is 1. The number of benzene rings is 3. The van der Waals surface area contributed by atoms with Crippen LogP contribution in [0.5, 0.6) is 5.75 Å². The summed E-state index contributed by atoms with van der Waals surface area (Å²) in [6.07, 6.45) is 1.07. The van der Waals surface area contributed by atoms with Crippen molar-refractivity contribution < 1.29 is 30.8 Å². The second-order valence-electron chi connectivity index (χ2n) is 10.6. The van der Waals surface area contributed by atoms with Gasteiger partial charge in [0.25, 0.3) is 0 Å². The van der Waals surface area contributed by atoms with Crippen LogP contribution in [0, 0.1) is 0 Å². The van der Waals surface area contributed by atoms with Gasteiger partial charge in [-0.15, -0.1) is 10.2 Å². The maximum atomic E-state index is 13.5. The lowest BCUT2D eigenvalue weighted by molar-refractivity contribution is -0.119. The SMILES string of the molecule is COc1cccc(-c2ccc(CN3C(=O)[C@@H](N)CS(=O)(=O)c4ccc(-c5nnc(C(C)(C)S(C)(=O)=O)o5)cc43)cc2)c1. The maximum absolute atomic E-state index is 13.5. The van der Waals surface area contributed by atoms with Crippen LogP contribution in [0.4, 0.5) is 5.69 Å². The summed E-state index contributed by atoms with van der Waals surface area (Å²) in [6.45, 7) is 2.95. The summed E-state index contributed by atoms with van der Waals surface area (Å²) < 4.78 is 60.5. The van der Waals surface area contributed by atoms with Gasteiger partial charge in [-0.3, -0.25) is 4.79 Å². The molecule has 0 bridgehead atoms. The van der Waals surface area contributed by atoms with Crippen molar-refractivity contribution in [2.75, 3.05) is 24.0 Å². The van der Waals surface area contributed by atoms with Crippen LogP contribution in [0.15, 0.2) is 76.0 Å². The first-order valence-electron chi connectivity index (χ1n) is 12.9. The highest BCUT2D eigenvalue weighted by Crippen LogP contribution is 2.37. The Balaban J connectivity index is 1.54. The molecule has 5 rings (SSSR count). The number of nitrogens with two attached hydrogens (primary N) is 1. The molecule has 0 radical (unpaired) electrons. The Labute approximate surface area is 244 Å². The fourth-order valence-electron chi connectivity index (χ4n) is 4.53. The molecule has 1 amide bonds.